The average molecular weight is 354 g/mol. The van der Waals surface area contributed by atoms with Crippen molar-refractivity contribution in [3.63, 3.8) is 0 Å². The second-order valence-electron chi connectivity index (χ2n) is 6.71. The van der Waals surface area contributed by atoms with Crippen molar-refractivity contribution >= 4 is 29.7 Å². The van der Waals surface area contributed by atoms with Crippen LogP contribution in [0.25, 0.3) is 10.8 Å². The van der Waals surface area contributed by atoms with Crippen molar-refractivity contribution in [2.24, 2.45) is 0 Å². The lowest BCUT2D eigenvalue weighted by molar-refractivity contribution is -0.128. The standard InChI is InChI=1S/C19H23BN2O4/c23-18(9-11-22-10-3-6-19(22)24)21-17(20(25)26)13-14-7-8-15-4-1-2-5-16(15)12-14/h1-2,4-5,7-8,12,17,25-26H,3,6,9-11,13H2,(H,21,23)/t17-/m0/s1. The second-order valence-corrected chi connectivity index (χ2v) is 6.71. The smallest absolute Gasteiger partial charge is 0.426 e. The highest BCUT2D eigenvalue weighted by molar-refractivity contribution is 6.43. The van der Waals surface area contributed by atoms with Crippen LogP contribution >= 0.6 is 0 Å². The molecule has 0 saturated carbocycles. The number of hydrogen-bond acceptors (Lipinski definition) is 4. The zero-order valence-electron chi connectivity index (χ0n) is 14.6. The third-order valence-corrected chi connectivity index (χ3v) is 4.76. The predicted molar refractivity (Wildman–Crippen MR) is 100 cm³/mol. The molecule has 136 valence electrons. The number of likely N-dealkylation sites (tertiary alicyclic amines) is 1. The number of nitrogens with zero attached hydrogens (tertiary/aromatic N) is 1. The van der Waals surface area contributed by atoms with Gasteiger partial charge in [0.15, 0.2) is 0 Å². The Morgan fingerprint density at radius 1 is 1.19 bits per heavy atom. The minimum Gasteiger partial charge on any atom is -0.426 e. The summed E-state index contributed by atoms with van der Waals surface area (Å²) in [5.74, 6) is -1.01. The van der Waals surface area contributed by atoms with Crippen LogP contribution in [0.4, 0.5) is 0 Å². The van der Waals surface area contributed by atoms with E-state index in [-0.39, 0.29) is 18.2 Å². The van der Waals surface area contributed by atoms with Gasteiger partial charge in [-0.1, -0.05) is 42.5 Å². The van der Waals surface area contributed by atoms with Gasteiger partial charge in [0.1, 0.15) is 0 Å². The molecule has 1 saturated heterocycles. The van der Waals surface area contributed by atoms with Crippen LogP contribution in [0.1, 0.15) is 24.8 Å². The van der Waals surface area contributed by atoms with Gasteiger partial charge in [-0.2, -0.15) is 0 Å². The van der Waals surface area contributed by atoms with Crippen LogP contribution in [0, 0.1) is 0 Å². The van der Waals surface area contributed by atoms with Crippen LogP contribution in [0.2, 0.25) is 0 Å². The molecular formula is C19H23BN2O4. The van der Waals surface area contributed by atoms with Crippen molar-refractivity contribution in [3.05, 3.63) is 48.0 Å². The summed E-state index contributed by atoms with van der Waals surface area (Å²) in [6, 6.07) is 13.8. The van der Waals surface area contributed by atoms with E-state index in [1.54, 1.807) is 4.90 Å². The van der Waals surface area contributed by atoms with Gasteiger partial charge < -0.3 is 20.3 Å². The van der Waals surface area contributed by atoms with Gasteiger partial charge >= 0.3 is 7.12 Å². The molecule has 1 heterocycles. The highest BCUT2D eigenvalue weighted by Gasteiger charge is 2.26. The van der Waals surface area contributed by atoms with Gasteiger partial charge in [0.2, 0.25) is 11.8 Å². The molecule has 0 aromatic heterocycles. The largest absolute Gasteiger partial charge is 0.475 e. The van der Waals surface area contributed by atoms with E-state index in [2.05, 4.69) is 5.32 Å². The summed E-state index contributed by atoms with van der Waals surface area (Å²) in [4.78, 5) is 25.4. The Morgan fingerprint density at radius 3 is 2.65 bits per heavy atom. The maximum atomic E-state index is 12.2. The van der Waals surface area contributed by atoms with E-state index in [4.69, 9.17) is 0 Å². The monoisotopic (exact) mass is 354 g/mol. The van der Waals surface area contributed by atoms with E-state index in [1.165, 1.54) is 0 Å². The van der Waals surface area contributed by atoms with E-state index in [0.717, 1.165) is 22.8 Å². The molecule has 2 aromatic carbocycles. The predicted octanol–water partition coefficient (Wildman–Crippen LogP) is 0.892. The second kappa shape index (κ2) is 8.34. The fourth-order valence-electron chi connectivity index (χ4n) is 3.31. The Labute approximate surface area is 153 Å². The number of nitrogens with one attached hydrogen (secondary N) is 1. The van der Waals surface area contributed by atoms with Crippen molar-refractivity contribution in [2.45, 2.75) is 31.6 Å². The number of fused-ring (bicyclic) bond motifs is 1. The Balaban J connectivity index is 1.59. The maximum Gasteiger partial charge on any atom is 0.475 e. The summed E-state index contributed by atoms with van der Waals surface area (Å²) < 4.78 is 0. The van der Waals surface area contributed by atoms with Crippen molar-refractivity contribution < 1.29 is 19.6 Å². The first-order valence-corrected chi connectivity index (χ1v) is 8.94. The molecular weight excluding hydrogens is 331 g/mol. The number of rotatable bonds is 7. The first-order chi connectivity index (χ1) is 12.5. The molecule has 1 aliphatic rings. The van der Waals surface area contributed by atoms with E-state index in [0.29, 0.717) is 25.9 Å². The number of benzene rings is 2. The zero-order chi connectivity index (χ0) is 18.5. The lowest BCUT2D eigenvalue weighted by atomic mass is 9.75. The molecule has 0 bridgehead atoms. The first-order valence-electron chi connectivity index (χ1n) is 8.94. The van der Waals surface area contributed by atoms with Gasteiger partial charge in [0.05, 0.1) is 5.94 Å². The van der Waals surface area contributed by atoms with Gasteiger partial charge in [-0.15, -0.1) is 0 Å². The molecule has 3 rings (SSSR count). The quantitative estimate of drug-likeness (QED) is 0.645. The van der Waals surface area contributed by atoms with E-state index >= 15 is 0 Å². The molecule has 26 heavy (non-hydrogen) atoms. The lowest BCUT2D eigenvalue weighted by Gasteiger charge is -2.20. The van der Waals surface area contributed by atoms with Crippen LogP contribution < -0.4 is 5.32 Å². The van der Waals surface area contributed by atoms with Crippen molar-refractivity contribution in [1.82, 2.24) is 10.2 Å². The molecule has 6 nitrogen and oxygen atoms in total. The van der Waals surface area contributed by atoms with Crippen LogP contribution in [0.5, 0.6) is 0 Å². The third-order valence-electron chi connectivity index (χ3n) is 4.76. The van der Waals surface area contributed by atoms with Crippen LogP contribution in [0.3, 0.4) is 0 Å². The van der Waals surface area contributed by atoms with E-state index in [1.807, 2.05) is 42.5 Å². The number of carbonyl (C=O) groups is 2. The van der Waals surface area contributed by atoms with Crippen LogP contribution in [-0.4, -0.2) is 52.9 Å². The minimum absolute atomic E-state index is 0.0766. The lowest BCUT2D eigenvalue weighted by Crippen LogP contribution is -2.48. The van der Waals surface area contributed by atoms with Gasteiger partial charge in [0.25, 0.3) is 0 Å². The van der Waals surface area contributed by atoms with Gasteiger partial charge in [-0.25, -0.2) is 0 Å². The summed E-state index contributed by atoms with van der Waals surface area (Å²) in [5, 5.41) is 24.1. The molecule has 0 unspecified atom stereocenters. The molecule has 1 atom stereocenters. The van der Waals surface area contributed by atoms with Crippen LogP contribution in [-0.2, 0) is 16.0 Å². The van der Waals surface area contributed by atoms with Crippen molar-refractivity contribution in [2.75, 3.05) is 13.1 Å². The Bertz CT molecular complexity index is 796. The Hall–Kier alpha value is -2.38. The highest BCUT2D eigenvalue weighted by atomic mass is 16.4. The molecule has 0 aliphatic carbocycles. The Morgan fingerprint density at radius 2 is 1.96 bits per heavy atom. The van der Waals surface area contributed by atoms with Gasteiger partial charge in [-0.05, 0) is 29.2 Å². The van der Waals surface area contributed by atoms with E-state index < -0.39 is 13.1 Å². The molecule has 2 amide bonds. The van der Waals surface area contributed by atoms with Gasteiger partial charge in [-0.3, -0.25) is 9.59 Å². The Kier molecular flexibility index (Phi) is 5.91. The minimum atomic E-state index is -1.65. The van der Waals surface area contributed by atoms with Crippen molar-refractivity contribution in [3.8, 4) is 0 Å². The number of hydrogen-bond donors (Lipinski definition) is 3. The summed E-state index contributed by atoms with van der Waals surface area (Å²) >= 11 is 0. The summed E-state index contributed by atoms with van der Waals surface area (Å²) in [7, 11) is -1.65. The topological polar surface area (TPSA) is 89.9 Å². The third kappa shape index (κ3) is 4.62. The molecule has 0 spiro atoms. The SMILES string of the molecule is O=C(CCN1CCCC1=O)N[C@@H](Cc1ccc2ccccc2c1)B(O)O. The summed E-state index contributed by atoms with van der Waals surface area (Å²) in [6.45, 7) is 1.06. The normalized spacial score (nSPS) is 15.3. The summed E-state index contributed by atoms with van der Waals surface area (Å²) in [6.07, 6.45) is 1.85. The van der Waals surface area contributed by atoms with Gasteiger partial charge in [0, 0.05) is 25.9 Å². The number of carbonyl (C=O) groups excluding carboxylic acids is 2. The molecule has 0 radical (unpaired) electrons. The zero-order valence-corrected chi connectivity index (χ0v) is 14.6. The van der Waals surface area contributed by atoms with Crippen molar-refractivity contribution in [1.29, 1.82) is 0 Å². The maximum absolute atomic E-state index is 12.2. The van der Waals surface area contributed by atoms with E-state index in [9.17, 15) is 19.6 Å². The summed E-state index contributed by atoms with van der Waals surface area (Å²) in [5.41, 5.74) is 0.914. The first kappa shape index (κ1) is 18.4. The fourth-order valence-corrected chi connectivity index (χ4v) is 3.31. The fraction of sp³-hybridized carbons (Fsp3) is 0.368. The highest BCUT2D eigenvalue weighted by Crippen LogP contribution is 2.17. The molecule has 2 aromatic rings. The van der Waals surface area contributed by atoms with Crippen LogP contribution in [0.15, 0.2) is 42.5 Å². The average Bonchev–Trinajstić information content (AvgIpc) is 3.04. The molecule has 7 heteroatoms. The molecule has 1 aliphatic heterocycles. The number of amides is 2. The molecule has 1 fully saturated rings. The molecule has 3 N–H and O–H groups in total.